The van der Waals surface area contributed by atoms with Crippen molar-refractivity contribution in [3.05, 3.63) is 110 Å². The van der Waals surface area contributed by atoms with E-state index in [1.54, 1.807) is 47.0 Å². The summed E-state index contributed by atoms with van der Waals surface area (Å²) in [7, 11) is 1.45. The molecule has 0 unspecified atom stereocenters. The maximum atomic E-state index is 14.9. The Labute approximate surface area is 334 Å². The molecule has 0 spiro atoms. The number of hydrogen-bond acceptors (Lipinski definition) is 7. The first kappa shape index (κ1) is 44.0. The van der Waals surface area contributed by atoms with Crippen LogP contribution in [0.1, 0.15) is 141 Å². The van der Waals surface area contributed by atoms with Crippen LogP contribution in [0.2, 0.25) is 5.02 Å². The van der Waals surface area contributed by atoms with Gasteiger partial charge in [0.1, 0.15) is 30.3 Å². The zero-order chi connectivity index (χ0) is 40.6. The van der Waals surface area contributed by atoms with Crippen LogP contribution in [0.15, 0.2) is 65.6 Å². The number of ether oxygens (including phenoxy) is 3. The van der Waals surface area contributed by atoms with Crippen LogP contribution in [-0.2, 0) is 27.3 Å². The van der Waals surface area contributed by atoms with Gasteiger partial charge in [-0.25, -0.2) is 14.0 Å². The molecule has 0 saturated heterocycles. The van der Waals surface area contributed by atoms with Gasteiger partial charge in [0.15, 0.2) is 0 Å². The van der Waals surface area contributed by atoms with Crippen molar-refractivity contribution in [2.75, 3.05) is 13.7 Å². The first-order valence-electron chi connectivity index (χ1n) is 19.8. The number of carboxylic acids is 1. The number of unbranched alkanes of at least 4 members (excludes halogenated alkanes) is 10. The lowest BCUT2D eigenvalue weighted by Crippen LogP contribution is -2.27. The van der Waals surface area contributed by atoms with Crippen molar-refractivity contribution in [2.24, 2.45) is 5.92 Å². The minimum Gasteiger partial charge on any atom is -0.496 e. The maximum Gasteiger partial charge on any atom is 0.341 e. The topological polar surface area (TPSA) is 121 Å². The van der Waals surface area contributed by atoms with E-state index in [-0.39, 0.29) is 53.1 Å². The number of aromatic carboxylic acids is 1. The molecule has 11 heteroatoms. The van der Waals surface area contributed by atoms with Gasteiger partial charge in [-0.1, -0.05) is 127 Å². The third-order valence-corrected chi connectivity index (χ3v) is 10.5. The van der Waals surface area contributed by atoms with E-state index in [2.05, 4.69) is 6.92 Å². The van der Waals surface area contributed by atoms with E-state index in [4.69, 9.17) is 25.8 Å². The van der Waals surface area contributed by atoms with Crippen molar-refractivity contribution in [3.8, 4) is 5.75 Å². The van der Waals surface area contributed by atoms with Crippen molar-refractivity contribution in [3.63, 3.8) is 0 Å². The average Bonchev–Trinajstić information content (AvgIpc) is 3.18. The third-order valence-electron chi connectivity index (χ3n) is 10.2. The third kappa shape index (κ3) is 12.1. The number of methoxy groups -OCH3 is 1. The minimum atomic E-state index is -1.42. The number of halogens is 2. The first-order valence-corrected chi connectivity index (χ1v) is 20.2. The predicted molar refractivity (Wildman–Crippen MR) is 217 cm³/mol. The van der Waals surface area contributed by atoms with Crippen LogP contribution in [-0.4, -0.2) is 41.3 Å². The fourth-order valence-electron chi connectivity index (χ4n) is 6.91. The zero-order valence-electron chi connectivity index (χ0n) is 33.0. The second kappa shape index (κ2) is 22.1. The van der Waals surface area contributed by atoms with Crippen molar-refractivity contribution >= 4 is 40.4 Å². The lowest BCUT2D eigenvalue weighted by molar-refractivity contribution is -0.145. The van der Waals surface area contributed by atoms with Crippen LogP contribution in [0.4, 0.5) is 4.39 Å². The monoisotopic (exact) mass is 791 g/mol. The Morgan fingerprint density at radius 2 is 1.46 bits per heavy atom. The zero-order valence-corrected chi connectivity index (χ0v) is 33.8. The molecular weight excluding hydrogens is 737 g/mol. The smallest absolute Gasteiger partial charge is 0.341 e. The molecule has 56 heavy (non-hydrogen) atoms. The fourth-order valence-corrected chi connectivity index (χ4v) is 7.10. The van der Waals surface area contributed by atoms with E-state index in [0.29, 0.717) is 28.8 Å². The highest BCUT2D eigenvalue weighted by molar-refractivity contribution is 6.30. The molecule has 0 amide bonds. The Morgan fingerprint density at radius 3 is 2.11 bits per heavy atom. The Hall–Kier alpha value is -4.70. The summed E-state index contributed by atoms with van der Waals surface area (Å²) in [6.07, 6.45) is 14.6. The highest BCUT2D eigenvalue weighted by Gasteiger charge is 2.25. The van der Waals surface area contributed by atoms with Crippen LogP contribution < -0.4 is 10.2 Å². The van der Waals surface area contributed by atoms with Gasteiger partial charge in [0.2, 0.25) is 5.43 Å². The largest absolute Gasteiger partial charge is 0.496 e. The number of aromatic nitrogens is 1. The summed E-state index contributed by atoms with van der Waals surface area (Å²) in [5.74, 6) is -2.84. The Balaban J connectivity index is 1.44. The molecule has 0 aliphatic rings. The normalized spacial score (nSPS) is 11.8. The molecular formula is C45H55ClFNO8. The summed E-state index contributed by atoms with van der Waals surface area (Å²) in [6, 6.07) is 13.9. The van der Waals surface area contributed by atoms with Crippen LogP contribution in [0.3, 0.4) is 0 Å². The fraction of sp³-hybridized carbons (Fsp3) is 0.467. The van der Waals surface area contributed by atoms with Gasteiger partial charge in [-0.2, -0.15) is 0 Å². The molecule has 1 heterocycles. The molecule has 4 aromatic rings. The summed E-state index contributed by atoms with van der Waals surface area (Å²) in [5, 5.41) is 10.1. The molecule has 9 nitrogen and oxygen atoms in total. The summed E-state index contributed by atoms with van der Waals surface area (Å²) in [5.41, 5.74) is 0.638. The highest BCUT2D eigenvalue weighted by Crippen LogP contribution is 2.32. The average molecular weight is 792 g/mol. The van der Waals surface area contributed by atoms with Crippen LogP contribution in [0.5, 0.6) is 5.75 Å². The predicted octanol–water partition coefficient (Wildman–Crippen LogP) is 10.9. The van der Waals surface area contributed by atoms with Gasteiger partial charge in [0.25, 0.3) is 0 Å². The first-order chi connectivity index (χ1) is 27.0. The van der Waals surface area contributed by atoms with Gasteiger partial charge >= 0.3 is 17.9 Å². The molecule has 4 rings (SSSR count). The van der Waals surface area contributed by atoms with Gasteiger partial charge < -0.3 is 23.9 Å². The summed E-state index contributed by atoms with van der Waals surface area (Å²) < 4.78 is 33.5. The van der Waals surface area contributed by atoms with Crippen LogP contribution in [0.25, 0.3) is 10.9 Å². The number of esters is 2. The van der Waals surface area contributed by atoms with Crippen molar-refractivity contribution in [1.29, 1.82) is 0 Å². The molecule has 0 bridgehead atoms. The van der Waals surface area contributed by atoms with E-state index in [1.807, 2.05) is 13.8 Å². The van der Waals surface area contributed by atoms with Gasteiger partial charge in [0, 0.05) is 36.1 Å². The van der Waals surface area contributed by atoms with Gasteiger partial charge in [-0.05, 0) is 41.7 Å². The molecule has 1 aromatic heterocycles. The molecule has 1 N–H and O–H groups in total. The molecule has 3 aromatic carbocycles. The lowest BCUT2D eigenvalue weighted by Gasteiger charge is -2.27. The maximum absolute atomic E-state index is 14.9. The molecule has 1 atom stereocenters. The number of hydrogen-bond donors (Lipinski definition) is 1. The SMILES string of the molecule is CCCCCCCCCCCCCC(=O)OCc1ccccc1C(=O)OC[C@@H](C(C)C)n1cc(C(=O)O)c(=O)c2cc(Cc3cccc(Cl)c3F)c(OC)cc21. The summed E-state index contributed by atoms with van der Waals surface area (Å²) in [4.78, 5) is 52.0. The van der Waals surface area contributed by atoms with E-state index in [9.17, 15) is 28.7 Å². The highest BCUT2D eigenvalue weighted by atomic mass is 35.5. The number of carbonyl (C=O) groups is 3. The standard InChI is InChI=1S/C45H55ClFNO8/c1-5-6-7-8-9-10-11-12-13-14-15-23-41(49)55-28-32-19-16-17-21-34(32)45(53)56-29-39(30(2)3)48-27-36(44(51)52)43(50)35-25-33(40(54-4)26-38(35)48)24-31-20-18-22-37(46)42(31)47/h16-22,25-27,30,39H,5-15,23-24,28-29H2,1-4H3,(H,51,52)/t39-/m0/s1. The van der Waals surface area contributed by atoms with Gasteiger partial charge in [-0.3, -0.25) is 9.59 Å². The molecule has 0 aliphatic carbocycles. The Morgan fingerprint density at radius 1 is 0.821 bits per heavy atom. The van der Waals surface area contributed by atoms with Crippen LogP contribution >= 0.6 is 11.6 Å². The molecule has 0 radical (unpaired) electrons. The minimum absolute atomic E-state index is 0.0293. The number of pyridine rings is 1. The number of carbonyl (C=O) groups excluding carboxylic acids is 2. The van der Waals surface area contributed by atoms with Gasteiger partial charge in [-0.15, -0.1) is 0 Å². The Kier molecular flexibility index (Phi) is 17.4. The second-order valence-corrected chi connectivity index (χ2v) is 15.1. The Bertz CT molecular complexity index is 2010. The van der Waals surface area contributed by atoms with E-state index in [1.165, 1.54) is 76.8 Å². The summed E-state index contributed by atoms with van der Waals surface area (Å²) >= 11 is 6.01. The number of benzene rings is 3. The quantitative estimate of drug-likeness (QED) is 0.0582. The molecule has 0 aliphatic heterocycles. The molecule has 302 valence electrons. The van der Waals surface area contributed by atoms with Crippen molar-refractivity contribution in [1.82, 2.24) is 4.57 Å². The molecule has 0 fully saturated rings. The van der Waals surface area contributed by atoms with Crippen molar-refractivity contribution < 1.29 is 38.1 Å². The summed E-state index contributed by atoms with van der Waals surface area (Å²) in [6.45, 7) is 5.75. The van der Waals surface area contributed by atoms with Crippen LogP contribution in [0, 0.1) is 11.7 Å². The molecule has 0 saturated carbocycles. The number of rotatable bonds is 23. The second-order valence-electron chi connectivity index (χ2n) is 14.7. The van der Waals surface area contributed by atoms with E-state index in [0.717, 1.165) is 19.3 Å². The van der Waals surface area contributed by atoms with Gasteiger partial charge in [0.05, 0.1) is 29.3 Å². The van der Waals surface area contributed by atoms with Crippen molar-refractivity contribution in [2.45, 2.75) is 117 Å². The van der Waals surface area contributed by atoms with E-state index >= 15 is 0 Å². The van der Waals surface area contributed by atoms with E-state index < -0.39 is 34.8 Å². The number of fused-ring (bicyclic) bond motifs is 1. The number of nitrogens with zero attached hydrogens (tertiary/aromatic N) is 1. The number of carboxylic acid groups (broad SMARTS) is 1. The lowest BCUT2D eigenvalue weighted by atomic mass is 9.98.